The summed E-state index contributed by atoms with van der Waals surface area (Å²) in [4.78, 5) is 12.4. The zero-order chi connectivity index (χ0) is 22.8. The van der Waals surface area contributed by atoms with Crippen LogP contribution in [0.4, 0.5) is 13.2 Å². The molecular weight excluding hydrogens is 433 g/mol. The third kappa shape index (κ3) is 5.15. The van der Waals surface area contributed by atoms with Crippen LogP contribution in [0.1, 0.15) is 21.7 Å². The Bertz CT molecular complexity index is 1180. The molecule has 3 rings (SSSR count). The van der Waals surface area contributed by atoms with Crippen LogP contribution in [0.2, 0.25) is 0 Å². The van der Waals surface area contributed by atoms with E-state index in [4.69, 9.17) is 4.42 Å². The molecule has 0 spiro atoms. The molecule has 3 aromatic rings. The molecule has 0 aliphatic carbocycles. The molecule has 0 atom stereocenters. The lowest BCUT2D eigenvalue weighted by Gasteiger charge is -2.11. The summed E-state index contributed by atoms with van der Waals surface area (Å²) in [6.07, 6.45) is -4.48. The number of carbonyl (C=O) groups excluding carboxylic acids is 1. The second kappa shape index (κ2) is 8.56. The number of halogens is 3. The summed E-state index contributed by atoms with van der Waals surface area (Å²) in [6.45, 7) is 0.112. The van der Waals surface area contributed by atoms with E-state index in [1.54, 1.807) is 12.1 Å². The van der Waals surface area contributed by atoms with Gasteiger partial charge in [0.2, 0.25) is 10.0 Å². The lowest BCUT2D eigenvalue weighted by molar-refractivity contribution is -0.137. The smallest absolute Gasteiger partial charge is 0.416 e. The molecule has 0 aliphatic heterocycles. The van der Waals surface area contributed by atoms with Crippen molar-refractivity contribution < 1.29 is 30.8 Å². The molecule has 0 radical (unpaired) electrons. The van der Waals surface area contributed by atoms with Crippen LogP contribution in [-0.4, -0.2) is 32.7 Å². The number of alkyl halides is 3. The molecule has 1 heterocycles. The Morgan fingerprint density at radius 1 is 1.03 bits per heavy atom. The Balaban J connectivity index is 1.67. The Labute approximate surface area is 177 Å². The van der Waals surface area contributed by atoms with Crippen LogP contribution in [0.5, 0.6) is 0 Å². The maximum Gasteiger partial charge on any atom is 0.416 e. The van der Waals surface area contributed by atoms with Gasteiger partial charge in [0.05, 0.1) is 10.5 Å². The minimum Gasteiger partial charge on any atom is -0.451 e. The van der Waals surface area contributed by atoms with Crippen molar-refractivity contribution in [2.75, 3.05) is 14.1 Å². The molecule has 0 saturated carbocycles. The van der Waals surface area contributed by atoms with E-state index in [0.29, 0.717) is 5.56 Å². The van der Waals surface area contributed by atoms with E-state index in [-0.39, 0.29) is 28.5 Å². The largest absolute Gasteiger partial charge is 0.451 e. The quantitative estimate of drug-likeness (QED) is 0.610. The van der Waals surface area contributed by atoms with Crippen LogP contribution in [-0.2, 0) is 22.7 Å². The van der Waals surface area contributed by atoms with E-state index < -0.39 is 27.7 Å². The average molecular weight is 452 g/mol. The van der Waals surface area contributed by atoms with Crippen molar-refractivity contribution in [2.24, 2.45) is 0 Å². The molecule has 1 aromatic heterocycles. The van der Waals surface area contributed by atoms with E-state index in [2.05, 4.69) is 5.32 Å². The molecule has 2 aromatic carbocycles. The Kier molecular flexibility index (Phi) is 6.23. The molecule has 10 heteroatoms. The van der Waals surface area contributed by atoms with E-state index in [0.717, 1.165) is 16.4 Å². The van der Waals surface area contributed by atoms with Crippen LogP contribution >= 0.6 is 0 Å². The maximum atomic E-state index is 12.9. The first-order valence-electron chi connectivity index (χ1n) is 9.05. The van der Waals surface area contributed by atoms with Gasteiger partial charge in [0, 0.05) is 26.2 Å². The zero-order valence-electron chi connectivity index (χ0n) is 16.6. The van der Waals surface area contributed by atoms with Gasteiger partial charge < -0.3 is 9.73 Å². The van der Waals surface area contributed by atoms with E-state index in [1.165, 1.54) is 50.5 Å². The topological polar surface area (TPSA) is 79.6 Å². The summed E-state index contributed by atoms with van der Waals surface area (Å²) in [5, 5.41) is 2.62. The predicted octanol–water partition coefficient (Wildman–Crippen LogP) is 4.15. The molecule has 0 unspecified atom stereocenters. The third-order valence-electron chi connectivity index (χ3n) is 4.46. The van der Waals surface area contributed by atoms with E-state index >= 15 is 0 Å². The molecule has 164 valence electrons. The first kappa shape index (κ1) is 22.6. The van der Waals surface area contributed by atoms with Crippen LogP contribution in [0.15, 0.2) is 70.0 Å². The molecule has 6 nitrogen and oxygen atoms in total. The van der Waals surface area contributed by atoms with Crippen molar-refractivity contribution in [2.45, 2.75) is 17.6 Å². The van der Waals surface area contributed by atoms with Crippen molar-refractivity contribution in [1.82, 2.24) is 9.62 Å². The summed E-state index contributed by atoms with van der Waals surface area (Å²) >= 11 is 0. The van der Waals surface area contributed by atoms with Gasteiger partial charge in [-0.15, -0.1) is 0 Å². The highest BCUT2D eigenvalue weighted by molar-refractivity contribution is 7.89. The van der Waals surface area contributed by atoms with Gasteiger partial charge in [-0.1, -0.05) is 24.3 Å². The van der Waals surface area contributed by atoms with Crippen molar-refractivity contribution in [3.8, 4) is 11.3 Å². The number of rotatable bonds is 6. The van der Waals surface area contributed by atoms with Crippen LogP contribution in [0, 0.1) is 0 Å². The Hall–Kier alpha value is -3.11. The van der Waals surface area contributed by atoms with Crippen molar-refractivity contribution in [3.63, 3.8) is 0 Å². The number of hydrogen-bond acceptors (Lipinski definition) is 4. The molecule has 0 aliphatic rings. The van der Waals surface area contributed by atoms with Gasteiger partial charge in [-0.2, -0.15) is 13.2 Å². The molecule has 1 amide bonds. The Morgan fingerprint density at radius 2 is 1.71 bits per heavy atom. The predicted molar refractivity (Wildman–Crippen MR) is 108 cm³/mol. The van der Waals surface area contributed by atoms with Gasteiger partial charge in [-0.3, -0.25) is 4.79 Å². The second-order valence-corrected chi connectivity index (χ2v) is 9.01. The van der Waals surface area contributed by atoms with E-state index in [9.17, 15) is 26.4 Å². The minimum atomic E-state index is -4.48. The SMILES string of the molecule is CN(C)S(=O)(=O)c1ccc(CNC(=O)c2ccc(-c3cccc(C(F)(F)F)c3)o2)cc1. The second-order valence-electron chi connectivity index (χ2n) is 6.86. The lowest BCUT2D eigenvalue weighted by atomic mass is 10.1. The Morgan fingerprint density at radius 3 is 2.32 bits per heavy atom. The summed E-state index contributed by atoms with van der Waals surface area (Å²) < 4.78 is 69.3. The molecule has 0 saturated heterocycles. The van der Waals surface area contributed by atoms with Crippen LogP contribution < -0.4 is 5.32 Å². The highest BCUT2D eigenvalue weighted by Crippen LogP contribution is 2.32. The maximum absolute atomic E-state index is 12.9. The number of carbonyl (C=O) groups is 1. The number of benzene rings is 2. The fourth-order valence-electron chi connectivity index (χ4n) is 2.72. The normalized spacial score (nSPS) is 12.2. The van der Waals surface area contributed by atoms with E-state index in [1.807, 2.05) is 0 Å². The van der Waals surface area contributed by atoms with Crippen molar-refractivity contribution in [3.05, 3.63) is 77.6 Å². The lowest BCUT2D eigenvalue weighted by Crippen LogP contribution is -2.23. The van der Waals surface area contributed by atoms with Crippen LogP contribution in [0.3, 0.4) is 0 Å². The third-order valence-corrected chi connectivity index (χ3v) is 6.29. The molecular formula is C21H19F3N2O4S. The van der Waals surface area contributed by atoms with Crippen LogP contribution in [0.25, 0.3) is 11.3 Å². The standard InChI is InChI=1S/C21H19F3N2O4S/c1-26(2)31(28,29)17-8-6-14(7-9-17)13-25-20(27)19-11-10-18(30-19)15-4-3-5-16(12-15)21(22,23)24/h3-12H,13H2,1-2H3,(H,25,27). The summed E-state index contributed by atoms with van der Waals surface area (Å²) in [6, 6.07) is 13.5. The van der Waals surface area contributed by atoms with Gasteiger partial charge in [0.15, 0.2) is 5.76 Å². The van der Waals surface area contributed by atoms with Gasteiger partial charge in [0.25, 0.3) is 5.91 Å². The van der Waals surface area contributed by atoms with Gasteiger partial charge in [-0.05, 0) is 42.0 Å². The number of hydrogen-bond donors (Lipinski definition) is 1. The molecule has 1 N–H and O–H groups in total. The highest BCUT2D eigenvalue weighted by Gasteiger charge is 2.30. The fraction of sp³-hybridized carbons (Fsp3) is 0.190. The van der Waals surface area contributed by atoms with Gasteiger partial charge >= 0.3 is 6.18 Å². The first-order chi connectivity index (χ1) is 14.5. The number of sulfonamides is 1. The first-order valence-corrected chi connectivity index (χ1v) is 10.5. The zero-order valence-corrected chi connectivity index (χ0v) is 17.4. The molecule has 31 heavy (non-hydrogen) atoms. The summed E-state index contributed by atoms with van der Waals surface area (Å²) in [5.41, 5.74) is 0.0504. The summed E-state index contributed by atoms with van der Waals surface area (Å²) in [5.74, 6) is -0.475. The average Bonchev–Trinajstić information content (AvgIpc) is 3.22. The van der Waals surface area contributed by atoms with Gasteiger partial charge in [-0.25, -0.2) is 12.7 Å². The fourth-order valence-corrected chi connectivity index (χ4v) is 3.63. The molecule has 0 fully saturated rings. The monoisotopic (exact) mass is 452 g/mol. The van der Waals surface area contributed by atoms with Crippen molar-refractivity contribution >= 4 is 15.9 Å². The van der Waals surface area contributed by atoms with Crippen molar-refractivity contribution in [1.29, 1.82) is 0 Å². The number of nitrogens with zero attached hydrogens (tertiary/aromatic N) is 1. The molecule has 0 bridgehead atoms. The van der Waals surface area contributed by atoms with Gasteiger partial charge in [0.1, 0.15) is 5.76 Å². The summed E-state index contributed by atoms with van der Waals surface area (Å²) in [7, 11) is -0.681. The highest BCUT2D eigenvalue weighted by atomic mass is 32.2. The number of amides is 1. The number of nitrogens with one attached hydrogen (secondary N) is 1. The minimum absolute atomic E-state index is 0.0563. The number of furan rings is 1.